The molecule has 1 heterocycles. The molecule has 0 aliphatic carbocycles. The molecule has 3 heteroatoms. The monoisotopic (exact) mass is 269 g/mol. The maximum Gasteiger partial charge on any atom is 0.162 e. The highest BCUT2D eigenvalue weighted by molar-refractivity contribution is 5.65. The SMILES string of the molecule is CCc1nc(-c2cc(C)c(C)cc2C)nc(NC)c1C. The zero-order valence-electron chi connectivity index (χ0n) is 13.3. The summed E-state index contributed by atoms with van der Waals surface area (Å²) in [7, 11) is 1.91. The van der Waals surface area contributed by atoms with E-state index in [2.05, 4.69) is 57.1 Å². The van der Waals surface area contributed by atoms with E-state index in [-0.39, 0.29) is 0 Å². The van der Waals surface area contributed by atoms with E-state index in [0.717, 1.165) is 34.9 Å². The normalized spacial score (nSPS) is 10.7. The van der Waals surface area contributed by atoms with Crippen molar-refractivity contribution in [3.05, 3.63) is 40.1 Å². The fourth-order valence-electron chi connectivity index (χ4n) is 2.47. The van der Waals surface area contributed by atoms with Gasteiger partial charge in [-0.3, -0.25) is 0 Å². The van der Waals surface area contributed by atoms with Gasteiger partial charge in [-0.1, -0.05) is 13.0 Å². The van der Waals surface area contributed by atoms with E-state index in [4.69, 9.17) is 4.98 Å². The molecule has 0 amide bonds. The summed E-state index contributed by atoms with van der Waals surface area (Å²) < 4.78 is 0. The molecule has 0 saturated heterocycles. The number of aryl methyl sites for hydroxylation is 4. The van der Waals surface area contributed by atoms with Gasteiger partial charge in [0.05, 0.1) is 0 Å². The highest BCUT2D eigenvalue weighted by Gasteiger charge is 2.12. The highest BCUT2D eigenvalue weighted by Crippen LogP contribution is 2.26. The number of hydrogen-bond donors (Lipinski definition) is 1. The average Bonchev–Trinajstić information content (AvgIpc) is 2.43. The second-order valence-corrected chi connectivity index (χ2v) is 5.32. The van der Waals surface area contributed by atoms with Crippen LogP contribution in [-0.2, 0) is 6.42 Å². The third-order valence-corrected chi connectivity index (χ3v) is 3.90. The summed E-state index contributed by atoms with van der Waals surface area (Å²) in [4.78, 5) is 9.43. The number of anilines is 1. The molecule has 0 aliphatic rings. The van der Waals surface area contributed by atoms with Gasteiger partial charge in [-0.2, -0.15) is 0 Å². The molecule has 0 saturated carbocycles. The van der Waals surface area contributed by atoms with Crippen LogP contribution >= 0.6 is 0 Å². The van der Waals surface area contributed by atoms with Crippen molar-refractivity contribution < 1.29 is 0 Å². The van der Waals surface area contributed by atoms with Crippen LogP contribution in [0, 0.1) is 27.7 Å². The fraction of sp³-hybridized carbons (Fsp3) is 0.412. The van der Waals surface area contributed by atoms with Crippen LogP contribution in [0.5, 0.6) is 0 Å². The van der Waals surface area contributed by atoms with Gasteiger partial charge in [-0.05, 0) is 56.9 Å². The Balaban J connectivity index is 2.66. The molecule has 106 valence electrons. The van der Waals surface area contributed by atoms with Crippen LogP contribution in [0.3, 0.4) is 0 Å². The van der Waals surface area contributed by atoms with Crippen molar-refractivity contribution in [2.24, 2.45) is 0 Å². The lowest BCUT2D eigenvalue weighted by molar-refractivity contribution is 0.976. The Kier molecular flexibility index (Phi) is 4.07. The zero-order valence-corrected chi connectivity index (χ0v) is 13.3. The number of hydrogen-bond acceptors (Lipinski definition) is 3. The Morgan fingerprint density at radius 1 is 0.950 bits per heavy atom. The number of nitrogens with one attached hydrogen (secondary N) is 1. The minimum Gasteiger partial charge on any atom is -0.373 e. The third-order valence-electron chi connectivity index (χ3n) is 3.90. The maximum absolute atomic E-state index is 4.75. The second kappa shape index (κ2) is 5.61. The number of nitrogens with zero attached hydrogens (tertiary/aromatic N) is 2. The first-order valence-corrected chi connectivity index (χ1v) is 7.11. The first-order valence-electron chi connectivity index (χ1n) is 7.11. The van der Waals surface area contributed by atoms with Crippen LogP contribution in [-0.4, -0.2) is 17.0 Å². The molecule has 20 heavy (non-hydrogen) atoms. The fourth-order valence-corrected chi connectivity index (χ4v) is 2.47. The summed E-state index contributed by atoms with van der Waals surface area (Å²) in [5.74, 6) is 1.74. The lowest BCUT2D eigenvalue weighted by atomic mass is 10.00. The molecule has 0 spiro atoms. The molecule has 3 nitrogen and oxygen atoms in total. The minimum absolute atomic E-state index is 0.817. The number of aromatic nitrogens is 2. The second-order valence-electron chi connectivity index (χ2n) is 5.32. The van der Waals surface area contributed by atoms with Gasteiger partial charge >= 0.3 is 0 Å². The molecule has 1 aromatic heterocycles. The van der Waals surface area contributed by atoms with Gasteiger partial charge in [0.15, 0.2) is 5.82 Å². The quantitative estimate of drug-likeness (QED) is 0.915. The molecule has 1 aromatic carbocycles. The van der Waals surface area contributed by atoms with Crippen molar-refractivity contribution >= 4 is 5.82 Å². The molecule has 0 fully saturated rings. The van der Waals surface area contributed by atoms with E-state index >= 15 is 0 Å². The first-order chi connectivity index (χ1) is 9.47. The summed E-state index contributed by atoms with van der Waals surface area (Å²) in [5, 5.41) is 3.17. The van der Waals surface area contributed by atoms with E-state index in [1.165, 1.54) is 16.7 Å². The van der Waals surface area contributed by atoms with E-state index in [1.807, 2.05) is 7.05 Å². The first kappa shape index (κ1) is 14.5. The predicted octanol–water partition coefficient (Wildman–Crippen LogP) is 3.98. The average molecular weight is 269 g/mol. The van der Waals surface area contributed by atoms with E-state index in [9.17, 15) is 0 Å². The predicted molar refractivity (Wildman–Crippen MR) is 85.3 cm³/mol. The van der Waals surface area contributed by atoms with Gasteiger partial charge in [-0.25, -0.2) is 9.97 Å². The highest BCUT2D eigenvalue weighted by atomic mass is 15.0. The third kappa shape index (κ3) is 2.53. The van der Waals surface area contributed by atoms with E-state index in [0.29, 0.717) is 0 Å². The van der Waals surface area contributed by atoms with Crippen LogP contribution in [0.15, 0.2) is 12.1 Å². The van der Waals surface area contributed by atoms with Crippen molar-refractivity contribution in [3.8, 4) is 11.4 Å². The molecule has 0 atom stereocenters. The Bertz CT molecular complexity index is 620. The number of rotatable bonds is 3. The summed E-state index contributed by atoms with van der Waals surface area (Å²) in [6.07, 6.45) is 0.917. The standard InChI is InChI=1S/C17H23N3/c1-7-15-13(5)16(18-6)20-17(19-15)14-9-11(3)10(2)8-12(14)4/h8-9H,7H2,1-6H3,(H,18,19,20). The largest absolute Gasteiger partial charge is 0.373 e. The molecule has 2 rings (SSSR count). The molecular weight excluding hydrogens is 246 g/mol. The van der Waals surface area contributed by atoms with Crippen molar-refractivity contribution in [2.45, 2.75) is 41.0 Å². The molecule has 2 aromatic rings. The van der Waals surface area contributed by atoms with Crippen molar-refractivity contribution in [1.29, 1.82) is 0 Å². The minimum atomic E-state index is 0.817. The molecule has 0 aliphatic heterocycles. The summed E-state index contributed by atoms with van der Waals surface area (Å²) in [5.41, 5.74) is 7.18. The lowest BCUT2D eigenvalue weighted by Crippen LogP contribution is -2.05. The van der Waals surface area contributed by atoms with Crippen LogP contribution in [0.25, 0.3) is 11.4 Å². The van der Waals surface area contributed by atoms with E-state index in [1.54, 1.807) is 0 Å². The lowest BCUT2D eigenvalue weighted by Gasteiger charge is -2.14. The summed E-state index contributed by atoms with van der Waals surface area (Å²) in [6.45, 7) is 10.6. The smallest absolute Gasteiger partial charge is 0.162 e. The Hall–Kier alpha value is -1.90. The van der Waals surface area contributed by atoms with Gasteiger partial charge in [-0.15, -0.1) is 0 Å². The topological polar surface area (TPSA) is 37.8 Å². The van der Waals surface area contributed by atoms with Gasteiger partial charge < -0.3 is 5.32 Å². The maximum atomic E-state index is 4.75. The van der Waals surface area contributed by atoms with Crippen LogP contribution in [0.1, 0.15) is 34.9 Å². The number of benzene rings is 1. The summed E-state index contributed by atoms with van der Waals surface area (Å²) in [6, 6.07) is 4.40. The molecular formula is C17H23N3. The summed E-state index contributed by atoms with van der Waals surface area (Å²) >= 11 is 0. The molecule has 0 bridgehead atoms. The van der Waals surface area contributed by atoms with Gasteiger partial charge in [0.25, 0.3) is 0 Å². The zero-order chi connectivity index (χ0) is 14.9. The van der Waals surface area contributed by atoms with Crippen molar-refractivity contribution in [1.82, 2.24) is 9.97 Å². The van der Waals surface area contributed by atoms with Crippen molar-refractivity contribution in [3.63, 3.8) is 0 Å². The molecule has 0 radical (unpaired) electrons. The van der Waals surface area contributed by atoms with Gasteiger partial charge in [0.2, 0.25) is 0 Å². The van der Waals surface area contributed by atoms with Crippen LogP contribution in [0.2, 0.25) is 0 Å². The van der Waals surface area contributed by atoms with Crippen LogP contribution < -0.4 is 5.32 Å². The van der Waals surface area contributed by atoms with Gasteiger partial charge in [0.1, 0.15) is 5.82 Å². The molecule has 1 N–H and O–H groups in total. The Morgan fingerprint density at radius 3 is 2.20 bits per heavy atom. The van der Waals surface area contributed by atoms with Gasteiger partial charge in [0, 0.05) is 23.9 Å². The van der Waals surface area contributed by atoms with Crippen molar-refractivity contribution in [2.75, 3.05) is 12.4 Å². The Labute approximate surface area is 121 Å². The Morgan fingerprint density at radius 2 is 1.60 bits per heavy atom. The van der Waals surface area contributed by atoms with Crippen LogP contribution in [0.4, 0.5) is 5.82 Å². The molecule has 0 unspecified atom stereocenters. The van der Waals surface area contributed by atoms with E-state index < -0.39 is 0 Å².